The number of benzene rings is 2. The van der Waals surface area contributed by atoms with Gasteiger partial charge in [0.15, 0.2) is 6.10 Å². The molecule has 0 bridgehead atoms. The monoisotopic (exact) mass is 378 g/mol. The Morgan fingerprint density at radius 1 is 1.29 bits per heavy atom. The van der Waals surface area contributed by atoms with Gasteiger partial charge in [0.2, 0.25) is 0 Å². The zero-order chi connectivity index (χ0) is 20.1. The molecule has 3 aromatic rings. The minimum absolute atomic E-state index is 0.373. The molecule has 2 atom stereocenters. The highest BCUT2D eigenvalue weighted by molar-refractivity contribution is 5.81. The van der Waals surface area contributed by atoms with E-state index in [0.29, 0.717) is 22.7 Å². The molecular weight excluding hydrogens is 359 g/mol. The van der Waals surface area contributed by atoms with Crippen molar-refractivity contribution >= 4 is 5.91 Å². The molecule has 6 nitrogen and oxygen atoms in total. The number of ether oxygens (including phenoxy) is 1. The molecule has 0 saturated heterocycles. The van der Waals surface area contributed by atoms with Crippen LogP contribution in [0.3, 0.4) is 0 Å². The molecule has 0 unspecified atom stereocenters. The lowest BCUT2D eigenvalue weighted by molar-refractivity contribution is -0.127. The fraction of sp³-hybridized carbons (Fsp3) is 0.190. The number of hydrogen-bond donors (Lipinski definition) is 1. The topological polar surface area (TPSA) is 79.9 Å². The number of aromatic nitrogens is 2. The van der Waals surface area contributed by atoms with E-state index in [1.165, 1.54) is 12.1 Å². The highest BCUT2D eigenvalue weighted by Gasteiger charge is 2.24. The lowest BCUT2D eigenvalue weighted by Crippen LogP contribution is -2.39. The van der Waals surface area contributed by atoms with Crippen LogP contribution in [0.25, 0.3) is 0 Å². The summed E-state index contributed by atoms with van der Waals surface area (Å²) >= 11 is 0. The third-order valence-corrected chi connectivity index (χ3v) is 4.25. The predicted octanol–water partition coefficient (Wildman–Crippen LogP) is 3.10. The van der Waals surface area contributed by atoms with Crippen molar-refractivity contribution in [1.82, 2.24) is 14.9 Å². The van der Waals surface area contributed by atoms with E-state index in [9.17, 15) is 9.18 Å². The highest BCUT2D eigenvalue weighted by Crippen LogP contribution is 2.22. The number of rotatable bonds is 6. The predicted molar refractivity (Wildman–Crippen MR) is 101 cm³/mol. The largest absolute Gasteiger partial charge is 0.481 e. The normalized spacial score (nSPS) is 12.6. The molecule has 0 aliphatic rings. The van der Waals surface area contributed by atoms with Crippen LogP contribution in [0, 0.1) is 17.1 Å². The van der Waals surface area contributed by atoms with Crippen LogP contribution < -0.4 is 10.1 Å². The Balaban J connectivity index is 1.78. The highest BCUT2D eigenvalue weighted by atomic mass is 19.1. The summed E-state index contributed by atoms with van der Waals surface area (Å²) in [6, 6.07) is 13.9. The van der Waals surface area contributed by atoms with Gasteiger partial charge in [-0.1, -0.05) is 12.1 Å². The van der Waals surface area contributed by atoms with Crippen LogP contribution in [-0.4, -0.2) is 21.6 Å². The van der Waals surface area contributed by atoms with Gasteiger partial charge < -0.3 is 14.6 Å². The molecule has 0 aliphatic carbocycles. The van der Waals surface area contributed by atoms with E-state index in [0.717, 1.165) is 0 Å². The summed E-state index contributed by atoms with van der Waals surface area (Å²) in [6.07, 6.45) is 2.57. The molecule has 1 aromatic heterocycles. The Bertz CT molecular complexity index is 1010. The summed E-state index contributed by atoms with van der Waals surface area (Å²) in [5, 5.41) is 11.7. The molecule has 1 amide bonds. The number of amides is 1. The second-order valence-corrected chi connectivity index (χ2v) is 6.29. The van der Waals surface area contributed by atoms with Crippen LogP contribution in [0.4, 0.5) is 4.39 Å². The average molecular weight is 378 g/mol. The fourth-order valence-electron chi connectivity index (χ4n) is 2.76. The molecule has 7 heteroatoms. The fourth-order valence-corrected chi connectivity index (χ4v) is 2.76. The number of carbonyl (C=O) groups excluding carboxylic acids is 1. The van der Waals surface area contributed by atoms with Gasteiger partial charge in [-0.3, -0.25) is 4.79 Å². The SMILES string of the molecule is C[C@H](Oc1ccc(C#N)cc1)C(=O)N[C@H](c1cccc(F)c1)c1nccn1C. The van der Waals surface area contributed by atoms with Gasteiger partial charge in [-0.2, -0.15) is 5.26 Å². The van der Waals surface area contributed by atoms with Crippen LogP contribution in [0.15, 0.2) is 60.9 Å². The third kappa shape index (κ3) is 4.35. The summed E-state index contributed by atoms with van der Waals surface area (Å²) in [5.74, 6) is 0.278. The molecule has 0 aliphatic heterocycles. The number of nitrogens with one attached hydrogen (secondary N) is 1. The second kappa shape index (κ2) is 8.35. The molecule has 3 rings (SSSR count). The first-order valence-corrected chi connectivity index (χ1v) is 8.68. The lowest BCUT2D eigenvalue weighted by atomic mass is 10.1. The first-order chi connectivity index (χ1) is 13.5. The molecule has 1 heterocycles. The van der Waals surface area contributed by atoms with Crippen LogP contribution in [0.1, 0.15) is 29.9 Å². The van der Waals surface area contributed by atoms with E-state index in [-0.39, 0.29) is 5.91 Å². The maximum Gasteiger partial charge on any atom is 0.261 e. The quantitative estimate of drug-likeness (QED) is 0.715. The van der Waals surface area contributed by atoms with E-state index in [1.807, 2.05) is 6.07 Å². The zero-order valence-corrected chi connectivity index (χ0v) is 15.5. The molecule has 0 saturated carbocycles. The van der Waals surface area contributed by atoms with Gasteiger partial charge in [-0.05, 0) is 48.9 Å². The summed E-state index contributed by atoms with van der Waals surface area (Å²) < 4.78 is 21.2. The molecule has 142 valence electrons. The summed E-state index contributed by atoms with van der Waals surface area (Å²) in [6.45, 7) is 1.62. The third-order valence-electron chi connectivity index (χ3n) is 4.25. The standard InChI is InChI=1S/C21H19FN4O2/c1-14(28-18-8-6-15(13-23)7-9-18)21(27)25-19(20-24-10-11-26(20)2)16-4-3-5-17(22)12-16/h3-12,14,19H,1-2H3,(H,25,27)/t14-,19+/m0/s1. The molecule has 0 spiro atoms. The minimum atomic E-state index is -0.802. The number of nitrogens with zero attached hydrogens (tertiary/aromatic N) is 3. The Kier molecular flexibility index (Phi) is 5.70. The molecule has 1 N–H and O–H groups in total. The molecule has 28 heavy (non-hydrogen) atoms. The van der Waals surface area contributed by atoms with Crippen LogP contribution in [0.5, 0.6) is 5.75 Å². The van der Waals surface area contributed by atoms with E-state index in [1.54, 1.807) is 67.3 Å². The van der Waals surface area contributed by atoms with Crippen molar-refractivity contribution in [1.29, 1.82) is 5.26 Å². The van der Waals surface area contributed by atoms with Crippen molar-refractivity contribution in [2.45, 2.75) is 19.1 Å². The van der Waals surface area contributed by atoms with Gasteiger partial charge in [-0.15, -0.1) is 0 Å². The van der Waals surface area contributed by atoms with Crippen molar-refractivity contribution < 1.29 is 13.9 Å². The number of imidazole rings is 1. The Morgan fingerprint density at radius 2 is 2.04 bits per heavy atom. The Labute approximate surface area is 162 Å². The van der Waals surface area contributed by atoms with Gasteiger partial charge in [0.05, 0.1) is 11.6 Å². The summed E-state index contributed by atoms with van der Waals surface area (Å²) in [4.78, 5) is 17.0. The lowest BCUT2D eigenvalue weighted by Gasteiger charge is -2.22. The van der Waals surface area contributed by atoms with E-state index >= 15 is 0 Å². The second-order valence-electron chi connectivity index (χ2n) is 6.29. The van der Waals surface area contributed by atoms with Gasteiger partial charge in [-0.25, -0.2) is 9.37 Å². The maximum absolute atomic E-state index is 13.7. The number of nitriles is 1. The zero-order valence-electron chi connectivity index (χ0n) is 15.5. The van der Waals surface area contributed by atoms with Crippen LogP contribution >= 0.6 is 0 Å². The van der Waals surface area contributed by atoms with E-state index in [2.05, 4.69) is 10.3 Å². The first kappa shape index (κ1) is 19.1. The maximum atomic E-state index is 13.7. The van der Waals surface area contributed by atoms with Crippen molar-refractivity contribution in [2.24, 2.45) is 7.05 Å². The smallest absolute Gasteiger partial charge is 0.261 e. The van der Waals surface area contributed by atoms with Gasteiger partial charge in [0, 0.05) is 19.4 Å². The van der Waals surface area contributed by atoms with Crippen molar-refractivity contribution in [2.75, 3.05) is 0 Å². The van der Waals surface area contributed by atoms with Crippen molar-refractivity contribution in [3.05, 3.63) is 83.7 Å². The van der Waals surface area contributed by atoms with Gasteiger partial charge in [0.1, 0.15) is 23.4 Å². The van der Waals surface area contributed by atoms with Crippen LogP contribution in [0.2, 0.25) is 0 Å². The Morgan fingerprint density at radius 3 is 2.64 bits per heavy atom. The number of aryl methyl sites for hydroxylation is 1. The summed E-state index contributed by atoms with van der Waals surface area (Å²) in [5.41, 5.74) is 1.08. The van der Waals surface area contributed by atoms with Gasteiger partial charge in [0.25, 0.3) is 5.91 Å². The first-order valence-electron chi connectivity index (χ1n) is 8.68. The van der Waals surface area contributed by atoms with E-state index < -0.39 is 18.0 Å². The minimum Gasteiger partial charge on any atom is -0.481 e. The molecule has 0 fully saturated rings. The van der Waals surface area contributed by atoms with Crippen LogP contribution in [-0.2, 0) is 11.8 Å². The average Bonchev–Trinajstić information content (AvgIpc) is 3.12. The van der Waals surface area contributed by atoms with Crippen molar-refractivity contribution in [3.63, 3.8) is 0 Å². The molecule has 0 radical (unpaired) electrons. The number of hydrogen-bond acceptors (Lipinski definition) is 4. The molecular formula is C21H19FN4O2. The molecule has 2 aromatic carbocycles. The number of carbonyl (C=O) groups is 1. The summed E-state index contributed by atoms with van der Waals surface area (Å²) in [7, 11) is 1.80. The Hall–Kier alpha value is -3.66. The van der Waals surface area contributed by atoms with Gasteiger partial charge >= 0.3 is 0 Å². The van der Waals surface area contributed by atoms with E-state index in [4.69, 9.17) is 10.00 Å². The van der Waals surface area contributed by atoms with Crippen molar-refractivity contribution in [3.8, 4) is 11.8 Å². The number of halogens is 1.